The summed E-state index contributed by atoms with van der Waals surface area (Å²) < 4.78 is 70.5. The van der Waals surface area contributed by atoms with Crippen molar-refractivity contribution in [2.75, 3.05) is 0 Å². The Labute approximate surface area is 330 Å². The van der Waals surface area contributed by atoms with Gasteiger partial charge in [-0.25, -0.2) is 36.2 Å². The van der Waals surface area contributed by atoms with E-state index in [1.54, 1.807) is 84.9 Å². The molecule has 0 aliphatic heterocycles. The van der Waals surface area contributed by atoms with E-state index < -0.39 is 32.1 Å². The summed E-state index contributed by atoms with van der Waals surface area (Å²) in [6.45, 7) is 0. The second-order valence-corrected chi connectivity index (χ2v) is 16.7. The topological polar surface area (TPSA) is 168 Å². The van der Waals surface area contributed by atoms with E-state index in [1.807, 2.05) is 72.8 Å². The summed E-state index contributed by atoms with van der Waals surface area (Å²) in [6.07, 6.45) is 0.646. The van der Waals surface area contributed by atoms with Gasteiger partial charge in [-0.3, -0.25) is 0 Å². The number of rotatable bonds is 16. The number of aromatic amines is 2. The normalized spacial score (nSPS) is 13.0. The van der Waals surface area contributed by atoms with Crippen LogP contribution < -0.4 is 18.8 Å². The maximum atomic E-state index is 13.3. The van der Waals surface area contributed by atoms with Crippen LogP contribution in [0.15, 0.2) is 168 Å². The van der Waals surface area contributed by atoms with Crippen molar-refractivity contribution in [1.82, 2.24) is 29.4 Å². The third kappa shape index (κ3) is 9.08. The predicted molar refractivity (Wildman–Crippen MR) is 218 cm³/mol. The maximum Gasteiger partial charge on any atom is 0.658 e. The van der Waals surface area contributed by atoms with Crippen molar-refractivity contribution in [3.63, 3.8) is 0 Å². The molecule has 285 valence electrons. The molecule has 0 saturated carbocycles. The van der Waals surface area contributed by atoms with Gasteiger partial charge in [0.2, 0.25) is 20.0 Å². The molecule has 8 rings (SSSR count). The van der Waals surface area contributed by atoms with Crippen LogP contribution in [-0.4, -0.2) is 44.5 Å². The molecule has 1 radical (unpaired) electrons. The van der Waals surface area contributed by atoms with Crippen LogP contribution in [0.1, 0.15) is 34.9 Å². The molecule has 8 aromatic rings. The predicted octanol–water partition coefficient (Wildman–Crippen LogP) is 6.96. The van der Waals surface area contributed by atoms with Gasteiger partial charge in [-0.05, 0) is 96.8 Å². The van der Waals surface area contributed by atoms with Gasteiger partial charge < -0.3 is 19.3 Å². The minimum atomic E-state index is -3.84. The van der Waals surface area contributed by atoms with Crippen LogP contribution in [-0.2, 0) is 32.9 Å². The van der Waals surface area contributed by atoms with Crippen molar-refractivity contribution < 1.29 is 26.1 Å². The van der Waals surface area contributed by atoms with Gasteiger partial charge in [-0.15, -0.1) is 0 Å². The first-order valence-electron chi connectivity index (χ1n) is 18.1. The number of hydrogen-bond donors (Lipinski definition) is 4. The van der Waals surface area contributed by atoms with E-state index in [2.05, 4.69) is 29.4 Å². The standard InChI is InChI=1S/C42H36BN6O6S2/c50-56(51,33-11-3-1-4-12-33)48-39(41-44-35-15-7-8-16-36(35)45-41)27-29-19-23-31(24-20-29)54-43-55-32-25-21-30(22-26-32)28-40(42-46-37-17-9-10-18-38(37)47-42)49-57(52,53)34-13-5-2-6-14-34/h1-26,39-40,48-49H,27-28H2,(H,44,45)(H,46,47). The molecule has 0 aliphatic carbocycles. The zero-order valence-electron chi connectivity index (χ0n) is 30.3. The summed E-state index contributed by atoms with van der Waals surface area (Å²) in [6, 6.07) is 44.7. The van der Waals surface area contributed by atoms with Gasteiger partial charge in [0.1, 0.15) is 23.1 Å². The highest BCUT2D eigenvalue weighted by atomic mass is 32.2. The third-order valence-electron chi connectivity index (χ3n) is 9.27. The quantitative estimate of drug-likeness (QED) is 0.0762. The van der Waals surface area contributed by atoms with Crippen molar-refractivity contribution in [3.8, 4) is 11.5 Å². The Hall–Kier alpha value is -6.26. The Morgan fingerprint density at radius 2 is 0.860 bits per heavy atom. The molecule has 6 aromatic carbocycles. The van der Waals surface area contributed by atoms with Crippen LogP contribution in [0.5, 0.6) is 11.5 Å². The van der Waals surface area contributed by atoms with Crippen LogP contribution in [0.25, 0.3) is 22.1 Å². The average molecular weight is 796 g/mol. The molecule has 15 heteroatoms. The molecule has 0 bridgehead atoms. The van der Waals surface area contributed by atoms with Gasteiger partial charge in [-0.1, -0.05) is 84.9 Å². The first-order valence-corrected chi connectivity index (χ1v) is 21.0. The van der Waals surface area contributed by atoms with Crippen molar-refractivity contribution >= 4 is 49.8 Å². The van der Waals surface area contributed by atoms with E-state index in [1.165, 1.54) is 7.69 Å². The number of nitrogens with zero attached hydrogens (tertiary/aromatic N) is 2. The molecule has 2 atom stereocenters. The smallest absolute Gasteiger partial charge is 0.526 e. The molecule has 4 N–H and O–H groups in total. The minimum absolute atomic E-state index is 0.165. The number of nitrogens with one attached hydrogen (secondary N) is 4. The second kappa shape index (κ2) is 16.5. The number of H-pyrrole nitrogens is 2. The maximum absolute atomic E-state index is 13.3. The zero-order valence-corrected chi connectivity index (χ0v) is 32.0. The van der Waals surface area contributed by atoms with Gasteiger partial charge in [0, 0.05) is 0 Å². The summed E-state index contributed by atoms with van der Waals surface area (Å²) in [4.78, 5) is 16.2. The van der Waals surface area contributed by atoms with Crippen molar-refractivity contribution in [1.29, 1.82) is 0 Å². The van der Waals surface area contributed by atoms with Gasteiger partial charge in [0.25, 0.3) is 0 Å². The molecule has 0 spiro atoms. The van der Waals surface area contributed by atoms with Crippen LogP contribution in [0, 0.1) is 0 Å². The Kier molecular flexibility index (Phi) is 10.9. The average Bonchev–Trinajstić information content (AvgIpc) is 3.88. The molecule has 2 heterocycles. The Morgan fingerprint density at radius 3 is 1.25 bits per heavy atom. The molecular weight excluding hydrogens is 759 g/mol. The Morgan fingerprint density at radius 1 is 0.491 bits per heavy atom. The lowest BCUT2D eigenvalue weighted by atomic mass is 10.1. The number of aromatic nitrogens is 4. The van der Waals surface area contributed by atoms with E-state index in [9.17, 15) is 16.8 Å². The molecular formula is C42H36BN6O6S2. The Bertz CT molecular complexity index is 2560. The fourth-order valence-electron chi connectivity index (χ4n) is 6.39. The molecule has 0 fully saturated rings. The monoisotopic (exact) mass is 795 g/mol. The lowest BCUT2D eigenvalue weighted by Gasteiger charge is -2.18. The molecule has 2 unspecified atom stereocenters. The number of hydrogen-bond acceptors (Lipinski definition) is 8. The van der Waals surface area contributed by atoms with E-state index >= 15 is 0 Å². The highest BCUT2D eigenvalue weighted by Gasteiger charge is 2.26. The van der Waals surface area contributed by atoms with Gasteiger partial charge in [0.15, 0.2) is 0 Å². The molecule has 2 aromatic heterocycles. The fourth-order valence-corrected chi connectivity index (χ4v) is 8.83. The number of imidazole rings is 2. The first kappa shape index (κ1) is 37.7. The molecule has 0 aliphatic rings. The fraction of sp³-hybridized carbons (Fsp3) is 0.0952. The van der Waals surface area contributed by atoms with Crippen molar-refractivity contribution in [2.24, 2.45) is 0 Å². The summed E-state index contributed by atoms with van der Waals surface area (Å²) >= 11 is 0. The van der Waals surface area contributed by atoms with Crippen LogP contribution in [0.2, 0.25) is 0 Å². The van der Waals surface area contributed by atoms with E-state index in [0.717, 1.165) is 33.2 Å². The van der Waals surface area contributed by atoms with Crippen molar-refractivity contribution in [3.05, 3.63) is 181 Å². The number of sulfonamides is 2. The molecule has 57 heavy (non-hydrogen) atoms. The van der Waals surface area contributed by atoms with E-state index in [-0.39, 0.29) is 9.79 Å². The number of benzene rings is 6. The van der Waals surface area contributed by atoms with Crippen molar-refractivity contribution in [2.45, 2.75) is 34.7 Å². The molecule has 12 nitrogen and oxygen atoms in total. The zero-order chi connectivity index (χ0) is 39.2. The SMILES string of the molecule is O=S(=O)(NC(Cc1ccc(O[B]Oc2ccc(CC(NS(=O)(=O)c3ccccc3)c3nc4ccccc4[nH]3)cc2)cc1)c1nc2ccccc2[nH]1)c1ccccc1. The number of fused-ring (bicyclic) bond motifs is 2. The van der Waals surface area contributed by atoms with E-state index in [4.69, 9.17) is 9.31 Å². The van der Waals surface area contributed by atoms with Crippen LogP contribution >= 0.6 is 0 Å². The summed E-state index contributed by atoms with van der Waals surface area (Å²) in [5, 5.41) is 0. The van der Waals surface area contributed by atoms with Crippen LogP contribution in [0.3, 0.4) is 0 Å². The van der Waals surface area contributed by atoms with Gasteiger partial charge >= 0.3 is 7.69 Å². The highest BCUT2D eigenvalue weighted by molar-refractivity contribution is 7.89. The largest absolute Gasteiger partial charge is 0.658 e. The summed E-state index contributed by atoms with van der Waals surface area (Å²) in [5.41, 5.74) is 4.80. The first-order chi connectivity index (χ1) is 27.7. The summed E-state index contributed by atoms with van der Waals surface area (Å²) in [5.74, 6) is 2.03. The van der Waals surface area contributed by atoms with E-state index in [0.29, 0.717) is 36.0 Å². The number of para-hydroxylation sites is 4. The van der Waals surface area contributed by atoms with Gasteiger partial charge in [-0.2, -0.15) is 0 Å². The Balaban J connectivity index is 0.906. The second-order valence-electron chi connectivity index (χ2n) is 13.3. The molecule has 0 amide bonds. The van der Waals surface area contributed by atoms with Crippen LogP contribution in [0.4, 0.5) is 0 Å². The lowest BCUT2D eigenvalue weighted by Crippen LogP contribution is -2.30. The van der Waals surface area contributed by atoms with Gasteiger partial charge in [0.05, 0.1) is 43.9 Å². The summed E-state index contributed by atoms with van der Waals surface area (Å²) in [7, 11) is -6.47. The third-order valence-corrected chi connectivity index (χ3v) is 12.2. The minimum Gasteiger partial charge on any atom is -0.526 e. The highest BCUT2D eigenvalue weighted by Crippen LogP contribution is 2.26. The molecule has 0 saturated heterocycles. The lowest BCUT2D eigenvalue weighted by molar-refractivity contribution is 0.458.